The molecule has 5 nitrogen and oxygen atoms in total. The number of rotatable bonds is 8. The van der Waals surface area contributed by atoms with Crippen LogP contribution in [0.2, 0.25) is 0 Å². The summed E-state index contributed by atoms with van der Waals surface area (Å²) in [6.45, 7) is 7.48. The van der Waals surface area contributed by atoms with Gasteiger partial charge in [0, 0.05) is 19.6 Å². The predicted octanol–water partition coefficient (Wildman–Crippen LogP) is 3.04. The number of likely N-dealkylation sites (N-methyl/N-ethyl adjacent to an activating group) is 1. The molecule has 2 N–H and O–H groups in total. The van der Waals surface area contributed by atoms with Crippen LogP contribution in [0.5, 0.6) is 0 Å². The third-order valence-electron chi connectivity index (χ3n) is 5.80. The van der Waals surface area contributed by atoms with E-state index in [1.807, 2.05) is 7.05 Å². The monoisotopic (exact) mass is 486 g/mol. The van der Waals surface area contributed by atoms with E-state index in [4.69, 9.17) is 4.74 Å². The van der Waals surface area contributed by atoms with Crippen LogP contribution in [0.15, 0.2) is 35.3 Å². The van der Waals surface area contributed by atoms with E-state index in [-0.39, 0.29) is 24.0 Å². The molecule has 152 valence electrons. The Balaban J connectivity index is 0.00000261. The smallest absolute Gasteiger partial charge is 0.191 e. The average Bonchev–Trinajstić information content (AvgIpc) is 3.29. The Morgan fingerprint density at radius 2 is 1.96 bits per heavy atom. The van der Waals surface area contributed by atoms with Crippen molar-refractivity contribution < 1.29 is 4.74 Å². The zero-order valence-corrected chi connectivity index (χ0v) is 19.2. The first kappa shape index (κ1) is 22.4. The van der Waals surface area contributed by atoms with Gasteiger partial charge in [-0.25, -0.2) is 0 Å². The van der Waals surface area contributed by atoms with Gasteiger partial charge in [0.2, 0.25) is 0 Å². The summed E-state index contributed by atoms with van der Waals surface area (Å²) in [5.41, 5.74) is 1.38. The van der Waals surface area contributed by atoms with Crippen LogP contribution in [0, 0.1) is 0 Å². The van der Waals surface area contributed by atoms with Gasteiger partial charge in [0.05, 0.1) is 18.2 Å². The van der Waals surface area contributed by atoms with Crippen LogP contribution in [0.25, 0.3) is 0 Å². The van der Waals surface area contributed by atoms with E-state index in [2.05, 4.69) is 64.7 Å². The van der Waals surface area contributed by atoms with E-state index in [9.17, 15) is 0 Å². The van der Waals surface area contributed by atoms with Crippen molar-refractivity contribution in [3.05, 3.63) is 35.9 Å². The Kier molecular flexibility index (Phi) is 9.32. The van der Waals surface area contributed by atoms with E-state index < -0.39 is 0 Å². The minimum absolute atomic E-state index is 0. The standard InChI is InChI=1S/C21H34N4O.HI/c1-4-25(5-2)17(13-16-9-7-6-8-10-16)15-23-21(22-3)24-19-14-18-11-12-20(19)26-18;/h6-10,17-20H,4-5,11-15H2,1-3H3,(H2,22,23,24);1H. The molecule has 2 saturated heterocycles. The van der Waals surface area contributed by atoms with Crippen molar-refractivity contribution in [1.29, 1.82) is 0 Å². The lowest BCUT2D eigenvalue weighted by Gasteiger charge is -2.31. The third-order valence-corrected chi connectivity index (χ3v) is 5.80. The van der Waals surface area contributed by atoms with Crippen LogP contribution in [-0.4, -0.2) is 61.8 Å². The molecule has 0 saturated carbocycles. The lowest BCUT2D eigenvalue weighted by molar-refractivity contribution is 0.0992. The molecule has 2 fully saturated rings. The summed E-state index contributed by atoms with van der Waals surface area (Å²) in [4.78, 5) is 6.97. The van der Waals surface area contributed by atoms with Crippen molar-refractivity contribution in [1.82, 2.24) is 15.5 Å². The summed E-state index contributed by atoms with van der Waals surface area (Å²) in [7, 11) is 1.85. The van der Waals surface area contributed by atoms with Crippen LogP contribution in [-0.2, 0) is 11.2 Å². The number of nitrogens with one attached hydrogen (secondary N) is 2. The first-order valence-electron chi connectivity index (χ1n) is 10.1. The summed E-state index contributed by atoms with van der Waals surface area (Å²) >= 11 is 0. The number of guanidine groups is 1. The van der Waals surface area contributed by atoms with Crippen molar-refractivity contribution in [2.45, 2.75) is 63.8 Å². The lowest BCUT2D eigenvalue weighted by atomic mass is 9.96. The third kappa shape index (κ3) is 6.06. The number of hydrogen-bond donors (Lipinski definition) is 2. The number of aliphatic imine (C=N–C) groups is 1. The van der Waals surface area contributed by atoms with Gasteiger partial charge in [-0.2, -0.15) is 0 Å². The molecule has 2 aliphatic rings. The van der Waals surface area contributed by atoms with Crippen LogP contribution < -0.4 is 10.6 Å². The van der Waals surface area contributed by atoms with Crippen LogP contribution in [0.1, 0.15) is 38.7 Å². The van der Waals surface area contributed by atoms with Crippen molar-refractivity contribution in [3.8, 4) is 0 Å². The van der Waals surface area contributed by atoms with Crippen molar-refractivity contribution in [2.75, 3.05) is 26.7 Å². The lowest BCUT2D eigenvalue weighted by Crippen LogP contribution is -2.51. The highest BCUT2D eigenvalue weighted by molar-refractivity contribution is 14.0. The Morgan fingerprint density at radius 3 is 2.52 bits per heavy atom. The number of fused-ring (bicyclic) bond motifs is 2. The number of ether oxygens (including phenoxy) is 1. The Labute approximate surface area is 181 Å². The molecule has 0 amide bonds. The van der Waals surface area contributed by atoms with E-state index in [0.717, 1.165) is 38.4 Å². The molecule has 6 heteroatoms. The minimum atomic E-state index is 0. The maximum absolute atomic E-state index is 5.95. The molecule has 2 aliphatic heterocycles. The molecule has 1 aromatic rings. The summed E-state index contributed by atoms with van der Waals surface area (Å²) in [6.07, 6.45) is 5.36. The highest BCUT2D eigenvalue weighted by Crippen LogP contribution is 2.34. The van der Waals surface area contributed by atoms with Gasteiger partial charge < -0.3 is 15.4 Å². The summed E-state index contributed by atoms with van der Waals surface area (Å²) in [5, 5.41) is 7.15. The number of hydrogen-bond acceptors (Lipinski definition) is 3. The Morgan fingerprint density at radius 1 is 1.22 bits per heavy atom. The Hall–Kier alpha value is -0.860. The second-order valence-corrected chi connectivity index (χ2v) is 7.38. The molecule has 0 spiro atoms. The highest BCUT2D eigenvalue weighted by atomic mass is 127. The first-order chi connectivity index (χ1) is 12.7. The fraction of sp³-hybridized carbons (Fsp3) is 0.667. The van der Waals surface area contributed by atoms with Gasteiger partial charge >= 0.3 is 0 Å². The van der Waals surface area contributed by atoms with Crippen LogP contribution >= 0.6 is 24.0 Å². The largest absolute Gasteiger partial charge is 0.373 e. The van der Waals surface area contributed by atoms with Gasteiger partial charge in [-0.05, 0) is 44.3 Å². The van der Waals surface area contributed by atoms with E-state index in [0.29, 0.717) is 24.3 Å². The van der Waals surface area contributed by atoms with E-state index >= 15 is 0 Å². The van der Waals surface area contributed by atoms with Gasteiger partial charge in [-0.3, -0.25) is 9.89 Å². The van der Waals surface area contributed by atoms with Gasteiger partial charge in [-0.15, -0.1) is 24.0 Å². The average molecular weight is 486 g/mol. The van der Waals surface area contributed by atoms with Gasteiger partial charge in [0.25, 0.3) is 0 Å². The fourth-order valence-corrected chi connectivity index (χ4v) is 4.33. The molecule has 4 atom stereocenters. The molecule has 3 rings (SSSR count). The first-order valence-corrected chi connectivity index (χ1v) is 10.1. The van der Waals surface area contributed by atoms with Crippen molar-refractivity contribution in [3.63, 3.8) is 0 Å². The zero-order valence-electron chi connectivity index (χ0n) is 16.9. The normalized spacial score (nSPS) is 25.3. The van der Waals surface area contributed by atoms with Gasteiger partial charge in [0.15, 0.2) is 5.96 Å². The second kappa shape index (κ2) is 11.2. The van der Waals surface area contributed by atoms with Crippen molar-refractivity contribution >= 4 is 29.9 Å². The fourth-order valence-electron chi connectivity index (χ4n) is 4.33. The Bertz CT molecular complexity index is 579. The summed E-state index contributed by atoms with van der Waals surface area (Å²) < 4.78 is 5.95. The van der Waals surface area contributed by atoms with E-state index in [1.54, 1.807) is 0 Å². The molecular weight excluding hydrogens is 451 g/mol. The molecule has 2 bridgehead atoms. The van der Waals surface area contributed by atoms with Crippen LogP contribution in [0.3, 0.4) is 0 Å². The predicted molar refractivity (Wildman–Crippen MR) is 123 cm³/mol. The van der Waals surface area contributed by atoms with E-state index in [1.165, 1.54) is 18.4 Å². The van der Waals surface area contributed by atoms with Crippen LogP contribution in [0.4, 0.5) is 0 Å². The molecule has 2 heterocycles. The maximum atomic E-state index is 5.95. The number of halogens is 1. The number of benzene rings is 1. The van der Waals surface area contributed by atoms with Gasteiger partial charge in [-0.1, -0.05) is 44.2 Å². The maximum Gasteiger partial charge on any atom is 0.191 e. The second-order valence-electron chi connectivity index (χ2n) is 7.38. The van der Waals surface area contributed by atoms with Crippen molar-refractivity contribution in [2.24, 2.45) is 4.99 Å². The molecule has 0 aliphatic carbocycles. The molecule has 1 aromatic carbocycles. The summed E-state index contributed by atoms with van der Waals surface area (Å²) in [5.74, 6) is 0.899. The molecule has 27 heavy (non-hydrogen) atoms. The van der Waals surface area contributed by atoms with Gasteiger partial charge in [0.1, 0.15) is 0 Å². The molecule has 0 radical (unpaired) electrons. The molecule has 0 aromatic heterocycles. The topological polar surface area (TPSA) is 48.9 Å². The molecular formula is C21H35IN4O. The quantitative estimate of drug-likeness (QED) is 0.337. The molecule has 4 unspecified atom stereocenters. The SMILES string of the molecule is CCN(CC)C(CNC(=NC)NC1CC2CCC1O2)Cc1ccccc1.I. The number of nitrogens with zero attached hydrogens (tertiary/aromatic N) is 2. The zero-order chi connectivity index (χ0) is 18.4. The summed E-state index contributed by atoms with van der Waals surface area (Å²) in [6, 6.07) is 11.6. The highest BCUT2D eigenvalue weighted by Gasteiger charge is 2.41. The minimum Gasteiger partial charge on any atom is -0.373 e.